The Labute approximate surface area is 108 Å². The van der Waals surface area contributed by atoms with Crippen LogP contribution < -0.4 is 5.73 Å². The zero-order valence-corrected chi connectivity index (χ0v) is 11.0. The van der Waals surface area contributed by atoms with Crippen LogP contribution in [0.4, 0.5) is 5.69 Å². The number of hydrogen-bond donors (Lipinski definition) is 1. The van der Waals surface area contributed by atoms with Crippen LogP contribution in [0.1, 0.15) is 28.8 Å². The monoisotopic (exact) mass is 248 g/mol. The second-order valence-electron chi connectivity index (χ2n) is 4.90. The smallest absolute Gasteiger partial charge is 0.254 e. The normalized spacial score (nSPS) is 18.9. The molecule has 4 nitrogen and oxygen atoms in total. The van der Waals surface area contributed by atoms with E-state index in [1.54, 1.807) is 11.0 Å². The Kier molecular flexibility index (Phi) is 3.87. The van der Waals surface area contributed by atoms with Gasteiger partial charge in [0.2, 0.25) is 0 Å². The number of carbonyl (C=O) groups excluding carboxylic acids is 1. The number of anilines is 1. The summed E-state index contributed by atoms with van der Waals surface area (Å²) in [5.41, 5.74) is 7.98. The van der Waals surface area contributed by atoms with E-state index >= 15 is 0 Å². The first kappa shape index (κ1) is 12.9. The Hall–Kier alpha value is -1.55. The minimum absolute atomic E-state index is 0.00954. The van der Waals surface area contributed by atoms with E-state index in [-0.39, 0.29) is 12.0 Å². The first-order chi connectivity index (χ1) is 8.58. The van der Waals surface area contributed by atoms with Crippen LogP contribution in [0.5, 0.6) is 0 Å². The predicted octanol–water partition coefficient (Wildman–Crippen LogP) is 1.83. The van der Waals surface area contributed by atoms with E-state index in [1.807, 2.05) is 26.1 Å². The molecule has 0 saturated carbocycles. The molecule has 18 heavy (non-hydrogen) atoms. The molecule has 1 fully saturated rings. The highest BCUT2D eigenvalue weighted by Crippen LogP contribution is 2.17. The maximum atomic E-state index is 12.3. The molecule has 1 aromatic carbocycles. The molecular weight excluding hydrogens is 228 g/mol. The fourth-order valence-electron chi connectivity index (χ4n) is 2.25. The molecule has 2 rings (SSSR count). The Balaban J connectivity index is 2.07. The predicted molar refractivity (Wildman–Crippen MR) is 71.5 cm³/mol. The quantitative estimate of drug-likeness (QED) is 0.830. The molecule has 1 amide bonds. The van der Waals surface area contributed by atoms with E-state index in [0.29, 0.717) is 17.8 Å². The first-order valence-electron chi connectivity index (χ1n) is 6.31. The van der Waals surface area contributed by atoms with Gasteiger partial charge in [-0.3, -0.25) is 4.79 Å². The number of nitrogens with zero attached hydrogens (tertiary/aromatic N) is 1. The molecule has 2 N–H and O–H groups in total. The molecule has 1 atom stereocenters. The average Bonchev–Trinajstić information content (AvgIpc) is 2.84. The van der Waals surface area contributed by atoms with Gasteiger partial charge in [-0.05, 0) is 37.5 Å². The summed E-state index contributed by atoms with van der Waals surface area (Å²) in [5, 5.41) is 0. The number of aryl methyl sites for hydroxylation is 1. The van der Waals surface area contributed by atoms with Crippen molar-refractivity contribution in [1.29, 1.82) is 0 Å². The van der Waals surface area contributed by atoms with Crippen molar-refractivity contribution in [3.8, 4) is 0 Å². The lowest BCUT2D eigenvalue weighted by Gasteiger charge is -2.21. The molecule has 1 unspecified atom stereocenters. The Morgan fingerprint density at radius 1 is 1.56 bits per heavy atom. The Morgan fingerprint density at radius 3 is 3.00 bits per heavy atom. The fraction of sp³-hybridized carbons (Fsp3) is 0.500. The molecule has 0 bridgehead atoms. The third-order valence-electron chi connectivity index (χ3n) is 3.34. The van der Waals surface area contributed by atoms with E-state index in [1.165, 1.54) is 0 Å². The standard InChI is InChI=1S/C14H20N2O2/c1-10-5-6-11(15)8-13(10)14(17)16(2)9-12-4-3-7-18-12/h5-6,8,12H,3-4,7,9,15H2,1-2H3. The number of ether oxygens (including phenoxy) is 1. The summed E-state index contributed by atoms with van der Waals surface area (Å²) in [6.45, 7) is 3.38. The molecule has 1 heterocycles. The third-order valence-corrected chi connectivity index (χ3v) is 3.34. The van der Waals surface area contributed by atoms with Gasteiger partial charge in [0, 0.05) is 31.5 Å². The van der Waals surface area contributed by atoms with Gasteiger partial charge in [-0.15, -0.1) is 0 Å². The van der Waals surface area contributed by atoms with Crippen molar-refractivity contribution >= 4 is 11.6 Å². The number of nitrogens with two attached hydrogens (primary N) is 1. The van der Waals surface area contributed by atoms with Gasteiger partial charge in [-0.2, -0.15) is 0 Å². The summed E-state index contributed by atoms with van der Waals surface area (Å²) in [6, 6.07) is 5.43. The lowest BCUT2D eigenvalue weighted by molar-refractivity contribution is 0.0586. The van der Waals surface area contributed by atoms with Crippen molar-refractivity contribution in [1.82, 2.24) is 4.90 Å². The molecule has 4 heteroatoms. The van der Waals surface area contributed by atoms with Crippen LogP contribution in [-0.2, 0) is 4.74 Å². The van der Waals surface area contributed by atoms with Crippen LogP contribution in [0, 0.1) is 6.92 Å². The third kappa shape index (κ3) is 2.82. The van der Waals surface area contributed by atoms with E-state index in [2.05, 4.69) is 0 Å². The number of benzene rings is 1. The van der Waals surface area contributed by atoms with Gasteiger partial charge in [0.05, 0.1) is 6.10 Å². The summed E-state index contributed by atoms with van der Waals surface area (Å²) in [4.78, 5) is 14.0. The van der Waals surface area contributed by atoms with Crippen LogP contribution in [-0.4, -0.2) is 37.1 Å². The molecule has 0 aromatic heterocycles. The lowest BCUT2D eigenvalue weighted by atomic mass is 10.1. The summed E-state index contributed by atoms with van der Waals surface area (Å²) < 4.78 is 5.55. The second kappa shape index (κ2) is 5.40. The van der Waals surface area contributed by atoms with Crippen molar-refractivity contribution in [3.63, 3.8) is 0 Å². The largest absolute Gasteiger partial charge is 0.399 e. The molecule has 1 aromatic rings. The van der Waals surface area contributed by atoms with Gasteiger partial charge in [0.25, 0.3) is 5.91 Å². The topological polar surface area (TPSA) is 55.6 Å². The molecule has 0 spiro atoms. The van der Waals surface area contributed by atoms with E-state index in [9.17, 15) is 4.79 Å². The lowest BCUT2D eigenvalue weighted by Crippen LogP contribution is -2.34. The number of carbonyl (C=O) groups is 1. The summed E-state index contributed by atoms with van der Waals surface area (Å²) in [7, 11) is 1.81. The average molecular weight is 248 g/mol. The number of hydrogen-bond acceptors (Lipinski definition) is 3. The number of amides is 1. The highest BCUT2D eigenvalue weighted by molar-refractivity contribution is 5.96. The molecule has 1 aliphatic rings. The number of rotatable bonds is 3. The van der Waals surface area contributed by atoms with Crippen LogP contribution in [0.2, 0.25) is 0 Å². The van der Waals surface area contributed by atoms with Crippen LogP contribution in [0.25, 0.3) is 0 Å². The zero-order valence-electron chi connectivity index (χ0n) is 11.0. The molecule has 1 saturated heterocycles. The first-order valence-corrected chi connectivity index (χ1v) is 6.31. The Morgan fingerprint density at radius 2 is 2.33 bits per heavy atom. The van der Waals surface area contributed by atoms with Crippen molar-refractivity contribution in [3.05, 3.63) is 29.3 Å². The second-order valence-corrected chi connectivity index (χ2v) is 4.90. The van der Waals surface area contributed by atoms with Gasteiger partial charge in [0.1, 0.15) is 0 Å². The summed E-state index contributed by atoms with van der Waals surface area (Å²) >= 11 is 0. The van der Waals surface area contributed by atoms with Crippen LogP contribution >= 0.6 is 0 Å². The van der Waals surface area contributed by atoms with E-state index < -0.39 is 0 Å². The minimum Gasteiger partial charge on any atom is -0.399 e. The molecule has 0 aliphatic carbocycles. The van der Waals surface area contributed by atoms with Gasteiger partial charge in [0.15, 0.2) is 0 Å². The van der Waals surface area contributed by atoms with Crippen molar-refractivity contribution in [2.75, 3.05) is 25.9 Å². The molecule has 98 valence electrons. The number of likely N-dealkylation sites (N-methyl/N-ethyl adjacent to an activating group) is 1. The van der Waals surface area contributed by atoms with Gasteiger partial charge >= 0.3 is 0 Å². The van der Waals surface area contributed by atoms with Gasteiger partial charge in [-0.1, -0.05) is 6.07 Å². The molecule has 0 radical (unpaired) electrons. The maximum Gasteiger partial charge on any atom is 0.254 e. The van der Waals surface area contributed by atoms with Crippen molar-refractivity contribution in [2.45, 2.75) is 25.9 Å². The van der Waals surface area contributed by atoms with Crippen LogP contribution in [0.15, 0.2) is 18.2 Å². The van der Waals surface area contributed by atoms with Crippen LogP contribution in [0.3, 0.4) is 0 Å². The maximum absolute atomic E-state index is 12.3. The van der Waals surface area contributed by atoms with E-state index in [4.69, 9.17) is 10.5 Å². The van der Waals surface area contributed by atoms with Gasteiger partial charge < -0.3 is 15.4 Å². The summed E-state index contributed by atoms with van der Waals surface area (Å²) in [6.07, 6.45) is 2.30. The van der Waals surface area contributed by atoms with Crippen molar-refractivity contribution < 1.29 is 9.53 Å². The number of nitrogen functional groups attached to an aromatic ring is 1. The molecule has 1 aliphatic heterocycles. The van der Waals surface area contributed by atoms with Gasteiger partial charge in [-0.25, -0.2) is 0 Å². The minimum atomic E-state index is 0.00954. The highest BCUT2D eigenvalue weighted by atomic mass is 16.5. The Bertz CT molecular complexity index is 439. The van der Waals surface area contributed by atoms with E-state index in [0.717, 1.165) is 25.0 Å². The fourth-order valence-corrected chi connectivity index (χ4v) is 2.25. The van der Waals surface area contributed by atoms with Crippen molar-refractivity contribution in [2.24, 2.45) is 0 Å². The summed E-state index contributed by atoms with van der Waals surface area (Å²) in [5.74, 6) is 0.00954. The molecular formula is C14H20N2O2. The zero-order chi connectivity index (χ0) is 13.1. The SMILES string of the molecule is Cc1ccc(N)cc1C(=O)N(C)CC1CCCO1. The highest BCUT2D eigenvalue weighted by Gasteiger charge is 2.21.